The lowest BCUT2D eigenvalue weighted by Gasteiger charge is -2.01. The van der Waals surface area contributed by atoms with Gasteiger partial charge < -0.3 is 9.88 Å². The van der Waals surface area contributed by atoms with Crippen molar-refractivity contribution in [2.45, 2.75) is 0 Å². The van der Waals surface area contributed by atoms with E-state index in [4.69, 9.17) is 11.6 Å². The van der Waals surface area contributed by atoms with Crippen LogP contribution in [0.2, 0.25) is 0 Å². The number of aryl methyl sites for hydroxylation is 1. The lowest BCUT2D eigenvalue weighted by atomic mass is 10.3. The number of benzene rings is 1. The number of rotatable bonds is 2. The zero-order chi connectivity index (χ0) is 9.26. The highest BCUT2D eigenvalue weighted by atomic mass is 35.5. The first-order valence-electron chi connectivity index (χ1n) is 4.02. The average Bonchev–Trinajstić information content (AvgIpc) is 2.48. The van der Waals surface area contributed by atoms with E-state index in [0.717, 1.165) is 16.7 Å². The van der Waals surface area contributed by atoms with Crippen LogP contribution in [0.1, 0.15) is 0 Å². The molecule has 68 valence electrons. The molecule has 4 heteroatoms. The number of nitrogens with one attached hydrogen (secondary N) is 1. The minimum Gasteiger partial charge on any atom is -0.372 e. The van der Waals surface area contributed by atoms with Crippen LogP contribution < -0.4 is 5.32 Å². The van der Waals surface area contributed by atoms with E-state index in [0.29, 0.717) is 6.00 Å². The molecule has 0 aliphatic heterocycles. The molecule has 1 heterocycles. The van der Waals surface area contributed by atoms with Gasteiger partial charge in [-0.3, -0.25) is 0 Å². The molecule has 3 nitrogen and oxygen atoms in total. The van der Waals surface area contributed by atoms with E-state index in [-0.39, 0.29) is 0 Å². The lowest BCUT2D eigenvalue weighted by molar-refractivity contribution is 0.948. The molecular weight excluding hydrogens is 186 g/mol. The van der Waals surface area contributed by atoms with Crippen LogP contribution in [0.5, 0.6) is 0 Å². The van der Waals surface area contributed by atoms with Crippen LogP contribution >= 0.6 is 11.6 Å². The van der Waals surface area contributed by atoms with Gasteiger partial charge in [0.25, 0.3) is 0 Å². The van der Waals surface area contributed by atoms with Crippen molar-refractivity contribution in [2.24, 2.45) is 7.05 Å². The number of anilines is 1. The van der Waals surface area contributed by atoms with E-state index < -0.39 is 0 Å². The van der Waals surface area contributed by atoms with Gasteiger partial charge in [0.05, 0.1) is 23.4 Å². The highest BCUT2D eigenvalue weighted by Crippen LogP contribution is 2.17. The first-order valence-corrected chi connectivity index (χ1v) is 4.55. The van der Waals surface area contributed by atoms with E-state index in [2.05, 4.69) is 10.3 Å². The maximum Gasteiger partial charge on any atom is 0.0955 e. The molecule has 0 fully saturated rings. The summed E-state index contributed by atoms with van der Waals surface area (Å²) in [6.45, 7) is 0. The van der Waals surface area contributed by atoms with Crippen LogP contribution in [0.3, 0.4) is 0 Å². The van der Waals surface area contributed by atoms with Crippen LogP contribution in [-0.2, 0) is 7.05 Å². The molecule has 2 aromatic rings. The Balaban J connectivity index is 2.50. The van der Waals surface area contributed by atoms with Gasteiger partial charge in [0.1, 0.15) is 0 Å². The SMILES string of the molecule is Cn1cnc2cc(NCCl)ccc21. The summed E-state index contributed by atoms with van der Waals surface area (Å²) in [6, 6.07) is 6.42. The lowest BCUT2D eigenvalue weighted by Crippen LogP contribution is -1.93. The van der Waals surface area contributed by atoms with Crippen molar-refractivity contribution >= 4 is 28.3 Å². The minimum atomic E-state index is 0.415. The second-order valence-electron chi connectivity index (χ2n) is 2.87. The summed E-state index contributed by atoms with van der Waals surface area (Å²) < 4.78 is 1.99. The van der Waals surface area contributed by atoms with Crippen LogP contribution in [0.15, 0.2) is 24.5 Å². The second kappa shape index (κ2) is 3.26. The molecule has 0 atom stereocenters. The standard InChI is InChI=1S/C9H10ClN3/c1-13-6-12-8-4-7(11-5-10)2-3-9(8)13/h2-4,6,11H,5H2,1H3. The van der Waals surface area contributed by atoms with Crippen LogP contribution in [0, 0.1) is 0 Å². The second-order valence-corrected chi connectivity index (χ2v) is 3.14. The number of halogens is 1. The summed E-state index contributed by atoms with van der Waals surface area (Å²) in [5.41, 5.74) is 3.11. The van der Waals surface area contributed by atoms with Gasteiger partial charge in [0.2, 0.25) is 0 Å². The zero-order valence-electron chi connectivity index (χ0n) is 7.29. The van der Waals surface area contributed by atoms with E-state index in [1.807, 2.05) is 29.8 Å². The Kier molecular flexibility index (Phi) is 2.10. The molecule has 0 spiro atoms. The Morgan fingerprint density at radius 3 is 3.15 bits per heavy atom. The third kappa shape index (κ3) is 1.47. The highest BCUT2D eigenvalue weighted by Gasteiger charge is 1.99. The first-order chi connectivity index (χ1) is 6.31. The monoisotopic (exact) mass is 195 g/mol. The van der Waals surface area contributed by atoms with Gasteiger partial charge in [-0.25, -0.2) is 4.98 Å². The molecule has 0 saturated heterocycles. The van der Waals surface area contributed by atoms with Crippen LogP contribution in [0.25, 0.3) is 11.0 Å². The Hall–Kier alpha value is -1.22. The highest BCUT2D eigenvalue weighted by molar-refractivity contribution is 6.18. The molecule has 0 bridgehead atoms. The third-order valence-corrected chi connectivity index (χ3v) is 2.13. The smallest absolute Gasteiger partial charge is 0.0955 e. The molecule has 0 radical (unpaired) electrons. The summed E-state index contributed by atoms with van der Waals surface area (Å²) in [5.74, 6) is 0. The third-order valence-electron chi connectivity index (χ3n) is 2.00. The summed E-state index contributed by atoms with van der Waals surface area (Å²) >= 11 is 5.56. The van der Waals surface area contributed by atoms with E-state index in [1.165, 1.54) is 0 Å². The van der Waals surface area contributed by atoms with Gasteiger partial charge in [-0.2, -0.15) is 0 Å². The Labute approximate surface area is 81.3 Å². The van der Waals surface area contributed by atoms with Crippen LogP contribution in [-0.4, -0.2) is 15.6 Å². The fourth-order valence-electron chi connectivity index (χ4n) is 1.32. The molecule has 1 N–H and O–H groups in total. The molecule has 1 aromatic heterocycles. The van der Waals surface area contributed by atoms with Crippen molar-refractivity contribution in [3.8, 4) is 0 Å². The quantitative estimate of drug-likeness (QED) is 0.588. The van der Waals surface area contributed by atoms with Crippen molar-refractivity contribution < 1.29 is 0 Å². The van der Waals surface area contributed by atoms with Crippen molar-refractivity contribution in [2.75, 3.05) is 11.3 Å². The fraction of sp³-hybridized carbons (Fsp3) is 0.222. The van der Waals surface area contributed by atoms with Crippen molar-refractivity contribution in [1.29, 1.82) is 0 Å². The Bertz CT molecular complexity index is 422. The zero-order valence-corrected chi connectivity index (χ0v) is 8.04. The number of alkyl halides is 1. The maximum atomic E-state index is 5.56. The normalized spacial score (nSPS) is 10.6. The average molecular weight is 196 g/mol. The van der Waals surface area contributed by atoms with Crippen molar-refractivity contribution in [1.82, 2.24) is 9.55 Å². The predicted octanol–water partition coefficient (Wildman–Crippen LogP) is 2.18. The van der Waals surface area contributed by atoms with Gasteiger partial charge in [-0.15, -0.1) is 11.6 Å². The minimum absolute atomic E-state index is 0.415. The summed E-state index contributed by atoms with van der Waals surface area (Å²) in [6.07, 6.45) is 1.80. The molecule has 1 aromatic carbocycles. The number of nitrogens with zero attached hydrogens (tertiary/aromatic N) is 2. The largest absolute Gasteiger partial charge is 0.372 e. The number of fused-ring (bicyclic) bond motifs is 1. The van der Waals surface area contributed by atoms with E-state index in [1.54, 1.807) is 6.33 Å². The van der Waals surface area contributed by atoms with Crippen LogP contribution in [0.4, 0.5) is 5.69 Å². The molecule has 0 unspecified atom stereocenters. The van der Waals surface area contributed by atoms with Gasteiger partial charge in [0, 0.05) is 12.7 Å². The number of imidazole rings is 1. The molecule has 13 heavy (non-hydrogen) atoms. The number of aromatic nitrogens is 2. The Morgan fingerprint density at radius 1 is 1.54 bits per heavy atom. The summed E-state index contributed by atoms with van der Waals surface area (Å²) in [5, 5.41) is 3.03. The van der Waals surface area contributed by atoms with Gasteiger partial charge >= 0.3 is 0 Å². The van der Waals surface area contributed by atoms with E-state index in [9.17, 15) is 0 Å². The molecule has 0 amide bonds. The van der Waals surface area contributed by atoms with Crippen molar-refractivity contribution in [3.63, 3.8) is 0 Å². The summed E-state index contributed by atoms with van der Waals surface area (Å²) in [4.78, 5) is 4.24. The summed E-state index contributed by atoms with van der Waals surface area (Å²) in [7, 11) is 1.98. The number of hydrogen-bond donors (Lipinski definition) is 1. The van der Waals surface area contributed by atoms with E-state index >= 15 is 0 Å². The number of hydrogen-bond acceptors (Lipinski definition) is 2. The van der Waals surface area contributed by atoms with Gasteiger partial charge in [0.15, 0.2) is 0 Å². The fourth-order valence-corrected chi connectivity index (χ4v) is 1.48. The molecular formula is C9H10ClN3. The molecule has 2 rings (SSSR count). The molecule has 0 aliphatic rings. The predicted molar refractivity (Wildman–Crippen MR) is 55.1 cm³/mol. The first kappa shape index (κ1) is 8.38. The maximum absolute atomic E-state index is 5.56. The van der Waals surface area contributed by atoms with Gasteiger partial charge in [-0.1, -0.05) is 0 Å². The topological polar surface area (TPSA) is 29.9 Å². The molecule has 0 aliphatic carbocycles. The molecule has 0 saturated carbocycles. The Morgan fingerprint density at radius 2 is 2.38 bits per heavy atom. The van der Waals surface area contributed by atoms with Crippen molar-refractivity contribution in [3.05, 3.63) is 24.5 Å². The van der Waals surface area contributed by atoms with Gasteiger partial charge in [-0.05, 0) is 18.2 Å².